The summed E-state index contributed by atoms with van der Waals surface area (Å²) in [5, 5.41) is 4.15. The van der Waals surface area contributed by atoms with Gasteiger partial charge in [0.25, 0.3) is 0 Å². The lowest BCUT2D eigenvalue weighted by molar-refractivity contribution is -0.140. The largest absolute Gasteiger partial charge is 0.469 e. The molecule has 1 N–H and O–H groups in total. The van der Waals surface area contributed by atoms with Crippen LogP contribution in [0.25, 0.3) is 0 Å². The standard InChI is InChI=1S/C24H28N4O3S/c1-16-14-19(17(2)28(16)15-18-8-7-13-31-18)23-22(20-9-4-5-11-25-20)26-24(32)27(23)12-6-10-21(29)30-3/h4-5,7-9,11,13-14,22-23H,6,10,12,15H2,1-3H3,(H,26,32)/t22-,23+/m0/s1. The van der Waals surface area contributed by atoms with Gasteiger partial charge in [0.2, 0.25) is 0 Å². The third kappa shape index (κ3) is 4.41. The first-order valence-corrected chi connectivity index (χ1v) is 11.1. The van der Waals surface area contributed by atoms with Crippen molar-refractivity contribution in [3.05, 3.63) is 77.3 Å². The lowest BCUT2D eigenvalue weighted by atomic mass is 9.96. The second-order valence-corrected chi connectivity index (χ2v) is 8.38. The molecule has 0 amide bonds. The van der Waals surface area contributed by atoms with Gasteiger partial charge >= 0.3 is 5.97 Å². The molecule has 1 aliphatic heterocycles. The Kier molecular flexibility index (Phi) is 6.60. The van der Waals surface area contributed by atoms with Gasteiger partial charge in [-0.25, -0.2) is 0 Å². The van der Waals surface area contributed by atoms with E-state index < -0.39 is 0 Å². The van der Waals surface area contributed by atoms with Gasteiger partial charge in [0.05, 0.1) is 37.7 Å². The molecule has 2 atom stereocenters. The Hall–Kier alpha value is -3.13. The second-order valence-electron chi connectivity index (χ2n) is 7.99. The highest BCUT2D eigenvalue weighted by molar-refractivity contribution is 7.80. The number of aryl methyl sites for hydroxylation is 1. The number of pyridine rings is 1. The van der Waals surface area contributed by atoms with Crippen molar-refractivity contribution in [2.24, 2.45) is 0 Å². The highest BCUT2D eigenvalue weighted by Gasteiger charge is 2.41. The van der Waals surface area contributed by atoms with Crippen molar-refractivity contribution in [2.75, 3.05) is 13.7 Å². The summed E-state index contributed by atoms with van der Waals surface area (Å²) in [5.41, 5.74) is 4.44. The number of furan rings is 1. The van der Waals surface area contributed by atoms with E-state index in [9.17, 15) is 4.79 Å². The predicted octanol–water partition coefficient (Wildman–Crippen LogP) is 4.07. The summed E-state index contributed by atoms with van der Waals surface area (Å²) >= 11 is 5.73. The molecule has 4 heterocycles. The Morgan fingerprint density at radius 1 is 1.28 bits per heavy atom. The van der Waals surface area contributed by atoms with E-state index in [-0.39, 0.29) is 18.1 Å². The van der Waals surface area contributed by atoms with E-state index in [0.29, 0.717) is 31.0 Å². The third-order valence-electron chi connectivity index (χ3n) is 6.03. The number of carbonyl (C=O) groups is 1. The lowest BCUT2D eigenvalue weighted by Crippen LogP contribution is -2.31. The van der Waals surface area contributed by atoms with Crippen LogP contribution in [0.2, 0.25) is 0 Å². The summed E-state index contributed by atoms with van der Waals surface area (Å²) in [4.78, 5) is 18.4. The molecule has 1 aliphatic rings. The SMILES string of the molecule is COC(=O)CCCN1C(=S)N[C@@H](c2ccccn2)[C@H]1c1cc(C)n(Cc2ccco2)c1C. The Bertz CT molecular complexity index is 1080. The van der Waals surface area contributed by atoms with Crippen LogP contribution in [0, 0.1) is 13.8 Å². The molecule has 4 rings (SSSR count). The summed E-state index contributed by atoms with van der Waals surface area (Å²) < 4.78 is 12.6. The van der Waals surface area contributed by atoms with Crippen molar-refractivity contribution in [2.45, 2.75) is 45.3 Å². The van der Waals surface area contributed by atoms with Gasteiger partial charge in [-0.3, -0.25) is 9.78 Å². The maximum absolute atomic E-state index is 11.6. The van der Waals surface area contributed by atoms with E-state index in [1.807, 2.05) is 30.3 Å². The first kappa shape index (κ1) is 22.1. The number of aromatic nitrogens is 2. The van der Waals surface area contributed by atoms with Crippen molar-refractivity contribution in [3.63, 3.8) is 0 Å². The second kappa shape index (κ2) is 9.56. The molecule has 8 heteroatoms. The van der Waals surface area contributed by atoms with Crippen LogP contribution in [0.15, 0.2) is 53.3 Å². The van der Waals surface area contributed by atoms with Gasteiger partial charge in [-0.05, 0) is 68.4 Å². The molecule has 0 aliphatic carbocycles. The van der Waals surface area contributed by atoms with Crippen molar-refractivity contribution in [1.82, 2.24) is 19.8 Å². The number of esters is 1. The molecule has 0 aromatic carbocycles. The molecule has 1 saturated heterocycles. The highest BCUT2D eigenvalue weighted by atomic mass is 32.1. The average Bonchev–Trinajstić information content (AvgIpc) is 3.50. The number of methoxy groups -OCH3 is 1. The number of thiocarbonyl (C=S) groups is 1. The van der Waals surface area contributed by atoms with Gasteiger partial charge in [-0.2, -0.15) is 0 Å². The maximum Gasteiger partial charge on any atom is 0.305 e. The summed E-state index contributed by atoms with van der Waals surface area (Å²) in [7, 11) is 1.41. The van der Waals surface area contributed by atoms with Crippen LogP contribution in [0.4, 0.5) is 0 Å². The van der Waals surface area contributed by atoms with Crippen LogP contribution < -0.4 is 5.32 Å². The molecule has 0 spiro atoms. The first-order chi connectivity index (χ1) is 15.5. The number of hydrogen-bond donors (Lipinski definition) is 1. The number of ether oxygens (including phenoxy) is 1. The monoisotopic (exact) mass is 452 g/mol. The fourth-order valence-corrected chi connectivity index (χ4v) is 4.74. The minimum Gasteiger partial charge on any atom is -0.469 e. The van der Waals surface area contributed by atoms with Gasteiger partial charge in [-0.15, -0.1) is 0 Å². The first-order valence-electron chi connectivity index (χ1n) is 10.7. The quantitative estimate of drug-likeness (QED) is 0.408. The van der Waals surface area contributed by atoms with Crippen molar-refractivity contribution < 1.29 is 13.9 Å². The zero-order valence-electron chi connectivity index (χ0n) is 18.6. The maximum atomic E-state index is 11.6. The summed E-state index contributed by atoms with van der Waals surface area (Å²) in [6, 6.07) is 11.9. The predicted molar refractivity (Wildman–Crippen MR) is 125 cm³/mol. The summed E-state index contributed by atoms with van der Waals surface area (Å²) in [6.45, 7) is 5.56. The van der Waals surface area contributed by atoms with Crippen molar-refractivity contribution in [3.8, 4) is 0 Å². The zero-order chi connectivity index (χ0) is 22.7. The molecule has 168 valence electrons. The fraction of sp³-hybridized carbons (Fsp3) is 0.375. The molecule has 0 unspecified atom stereocenters. The van der Waals surface area contributed by atoms with E-state index in [2.05, 4.69) is 39.7 Å². The van der Waals surface area contributed by atoms with Gasteiger partial charge in [-0.1, -0.05) is 6.07 Å². The number of rotatable bonds is 8. The molecule has 0 saturated carbocycles. The Morgan fingerprint density at radius 2 is 2.12 bits per heavy atom. The van der Waals surface area contributed by atoms with E-state index in [1.165, 1.54) is 12.7 Å². The number of carbonyl (C=O) groups excluding carboxylic acids is 1. The minimum absolute atomic E-state index is 0.0356. The number of hydrogen-bond acceptors (Lipinski definition) is 5. The molecule has 0 bridgehead atoms. The van der Waals surface area contributed by atoms with E-state index in [4.69, 9.17) is 21.4 Å². The molecule has 1 fully saturated rings. The number of nitrogens with zero attached hydrogens (tertiary/aromatic N) is 3. The van der Waals surface area contributed by atoms with E-state index >= 15 is 0 Å². The van der Waals surface area contributed by atoms with E-state index in [0.717, 1.165) is 22.8 Å². The molecular formula is C24H28N4O3S. The number of nitrogens with one attached hydrogen (secondary N) is 1. The Morgan fingerprint density at radius 3 is 2.81 bits per heavy atom. The molecule has 32 heavy (non-hydrogen) atoms. The fourth-order valence-electron chi connectivity index (χ4n) is 4.41. The highest BCUT2D eigenvalue weighted by Crippen LogP contribution is 2.41. The minimum atomic E-state index is -0.211. The third-order valence-corrected chi connectivity index (χ3v) is 6.38. The van der Waals surface area contributed by atoms with Crippen LogP contribution in [0.5, 0.6) is 0 Å². The van der Waals surface area contributed by atoms with Gasteiger partial charge in [0, 0.05) is 30.6 Å². The molecule has 3 aromatic rings. The van der Waals surface area contributed by atoms with Gasteiger partial charge in [0.1, 0.15) is 5.76 Å². The normalized spacial score (nSPS) is 18.1. The van der Waals surface area contributed by atoms with Crippen LogP contribution in [0.3, 0.4) is 0 Å². The molecule has 3 aromatic heterocycles. The Balaban J connectivity index is 1.68. The molecular weight excluding hydrogens is 424 g/mol. The van der Waals surface area contributed by atoms with Crippen LogP contribution in [0.1, 0.15) is 53.3 Å². The molecule has 0 radical (unpaired) electrons. The summed E-state index contributed by atoms with van der Waals surface area (Å²) in [5.74, 6) is 0.701. The van der Waals surface area contributed by atoms with E-state index in [1.54, 1.807) is 12.5 Å². The van der Waals surface area contributed by atoms with Crippen molar-refractivity contribution >= 4 is 23.3 Å². The average molecular weight is 453 g/mol. The van der Waals surface area contributed by atoms with Crippen LogP contribution in [-0.4, -0.2) is 39.2 Å². The van der Waals surface area contributed by atoms with Gasteiger partial charge in [0.15, 0.2) is 5.11 Å². The topological polar surface area (TPSA) is 72.5 Å². The smallest absolute Gasteiger partial charge is 0.305 e. The molecule has 7 nitrogen and oxygen atoms in total. The summed E-state index contributed by atoms with van der Waals surface area (Å²) in [6.07, 6.45) is 4.51. The Labute approximate surface area is 193 Å². The zero-order valence-corrected chi connectivity index (χ0v) is 19.4. The van der Waals surface area contributed by atoms with Crippen LogP contribution >= 0.6 is 12.2 Å². The van der Waals surface area contributed by atoms with Gasteiger partial charge < -0.3 is 23.9 Å². The van der Waals surface area contributed by atoms with Crippen LogP contribution in [-0.2, 0) is 16.1 Å². The lowest BCUT2D eigenvalue weighted by Gasteiger charge is -2.28. The van der Waals surface area contributed by atoms with Crippen molar-refractivity contribution in [1.29, 1.82) is 0 Å².